The highest BCUT2D eigenvalue weighted by molar-refractivity contribution is 8.00. The van der Waals surface area contributed by atoms with Crippen molar-refractivity contribution in [2.24, 2.45) is 0 Å². The summed E-state index contributed by atoms with van der Waals surface area (Å²) in [5, 5.41) is 20.6. The maximum absolute atomic E-state index is 13.8. The first kappa shape index (κ1) is 30.3. The lowest BCUT2D eigenvalue weighted by Crippen LogP contribution is -2.29. The molecule has 9 nitrogen and oxygen atoms in total. The number of carbonyl (C=O) groups is 2. The third-order valence-corrected chi connectivity index (χ3v) is 9.80. The molecule has 1 aliphatic rings. The number of hydrogen-bond acceptors (Lipinski definition) is 9. The molecule has 0 spiro atoms. The number of imidazole rings is 1. The fourth-order valence-electron chi connectivity index (χ4n) is 5.47. The van der Waals surface area contributed by atoms with Crippen LogP contribution in [0, 0.1) is 12.7 Å². The Balaban J connectivity index is 1.29. The molecule has 1 atom stereocenters. The van der Waals surface area contributed by atoms with E-state index in [1.54, 1.807) is 66.1 Å². The van der Waals surface area contributed by atoms with Crippen LogP contribution in [-0.2, 0) is 21.9 Å². The molecule has 1 saturated heterocycles. The molecule has 12 heteroatoms. The van der Waals surface area contributed by atoms with Crippen LogP contribution in [-0.4, -0.2) is 36.4 Å². The molecule has 0 saturated carbocycles. The van der Waals surface area contributed by atoms with Gasteiger partial charge in [-0.25, -0.2) is 9.37 Å². The number of pyridine rings is 1. The molecule has 1 fully saturated rings. The molecule has 47 heavy (non-hydrogen) atoms. The lowest BCUT2D eigenvalue weighted by Gasteiger charge is -2.23. The van der Waals surface area contributed by atoms with Gasteiger partial charge < -0.3 is 9.84 Å². The summed E-state index contributed by atoms with van der Waals surface area (Å²) < 4.78 is 21.7. The quantitative estimate of drug-likeness (QED) is 0.0572. The van der Waals surface area contributed by atoms with Crippen LogP contribution >= 0.6 is 23.1 Å². The number of aromatic nitrogens is 4. The van der Waals surface area contributed by atoms with Crippen molar-refractivity contribution in [1.29, 1.82) is 0 Å². The Morgan fingerprint density at radius 1 is 0.957 bits per heavy atom. The number of Topliss-reactive ketones (excluding diaryl/α,β-unsaturated/α-hetero) is 1. The molecule has 1 unspecified atom stereocenters. The molecule has 1 aliphatic heterocycles. The molecule has 3 aromatic heterocycles. The molecule has 1 amide bonds. The summed E-state index contributed by atoms with van der Waals surface area (Å²) in [7, 11) is 0. The summed E-state index contributed by atoms with van der Waals surface area (Å²) in [6.07, 6.45) is 1.74. The number of ketones is 1. The van der Waals surface area contributed by atoms with Crippen molar-refractivity contribution in [1.82, 2.24) is 19.6 Å². The van der Waals surface area contributed by atoms with Gasteiger partial charge in [-0.3, -0.25) is 18.9 Å². The molecular formula is C35H26FN5O4S2. The van der Waals surface area contributed by atoms with Crippen LogP contribution in [0.4, 0.5) is 9.52 Å². The second-order valence-electron chi connectivity index (χ2n) is 10.8. The number of halogens is 1. The summed E-state index contributed by atoms with van der Waals surface area (Å²) in [5.41, 5.74) is 3.71. The van der Waals surface area contributed by atoms with Gasteiger partial charge in [-0.15, -0.1) is 10.2 Å². The number of nitrogens with zero attached hydrogens (tertiary/aromatic N) is 5. The van der Waals surface area contributed by atoms with E-state index >= 15 is 0 Å². The maximum atomic E-state index is 13.8. The minimum atomic E-state index is -1.04. The number of aliphatic hydroxyl groups excluding tert-OH is 1. The van der Waals surface area contributed by atoms with Gasteiger partial charge in [-0.2, -0.15) is 0 Å². The highest BCUT2D eigenvalue weighted by atomic mass is 32.2. The molecule has 0 bridgehead atoms. The maximum Gasteiger partial charge on any atom is 0.301 e. The van der Waals surface area contributed by atoms with Crippen LogP contribution in [0.2, 0.25) is 0 Å². The number of anilines is 1. The van der Waals surface area contributed by atoms with Crippen LogP contribution in [0.15, 0.2) is 113 Å². The highest BCUT2D eigenvalue weighted by Gasteiger charge is 2.49. The Kier molecular flexibility index (Phi) is 8.27. The van der Waals surface area contributed by atoms with E-state index < -0.39 is 17.7 Å². The minimum absolute atomic E-state index is 0.0975. The van der Waals surface area contributed by atoms with Crippen LogP contribution in [0.3, 0.4) is 0 Å². The first-order chi connectivity index (χ1) is 22.9. The molecular weight excluding hydrogens is 638 g/mol. The van der Waals surface area contributed by atoms with Crippen molar-refractivity contribution in [3.05, 3.63) is 143 Å². The Bertz CT molecular complexity index is 2150. The Morgan fingerprint density at radius 2 is 1.74 bits per heavy atom. The topological polar surface area (TPSA) is 110 Å². The number of amides is 1. The largest absolute Gasteiger partial charge is 0.505 e. The van der Waals surface area contributed by atoms with Crippen LogP contribution < -0.4 is 9.64 Å². The van der Waals surface area contributed by atoms with Gasteiger partial charge in [0.25, 0.3) is 5.78 Å². The second-order valence-corrected chi connectivity index (χ2v) is 12.9. The van der Waals surface area contributed by atoms with E-state index in [1.165, 1.54) is 28.8 Å². The second kappa shape index (κ2) is 12.8. The highest BCUT2D eigenvalue weighted by Crippen LogP contribution is 2.45. The number of thioether (sulfide) groups is 1. The molecule has 1 N–H and O–H groups in total. The van der Waals surface area contributed by atoms with E-state index in [-0.39, 0.29) is 22.3 Å². The normalized spacial score (nSPS) is 15.9. The first-order valence-corrected chi connectivity index (χ1v) is 16.4. The van der Waals surface area contributed by atoms with Crippen molar-refractivity contribution in [2.45, 2.75) is 29.7 Å². The summed E-state index contributed by atoms with van der Waals surface area (Å²) in [6.45, 7) is 2.05. The number of ether oxygens (including phenoxy) is 1. The Hall–Kier alpha value is -5.33. The summed E-state index contributed by atoms with van der Waals surface area (Å²) in [5.74, 6) is -1.34. The average Bonchev–Trinajstić information content (AvgIpc) is 3.77. The SMILES string of the molecule is Cc1nc2ccccn2c1/C(O)=C1\C(=O)C(=O)N(c2nnc(SCc3ccc(F)cc3)s2)C1c1cccc(OCc2ccccc2)c1. The van der Waals surface area contributed by atoms with Gasteiger partial charge in [0.05, 0.1) is 17.3 Å². The van der Waals surface area contributed by atoms with Crippen molar-refractivity contribution in [3.8, 4) is 5.75 Å². The van der Waals surface area contributed by atoms with Gasteiger partial charge in [0, 0.05) is 11.9 Å². The summed E-state index contributed by atoms with van der Waals surface area (Å²) in [4.78, 5) is 33.5. The van der Waals surface area contributed by atoms with Gasteiger partial charge >= 0.3 is 5.91 Å². The molecule has 0 radical (unpaired) electrons. The molecule has 0 aliphatic carbocycles. The van der Waals surface area contributed by atoms with Gasteiger partial charge in [0.15, 0.2) is 10.1 Å². The summed E-state index contributed by atoms with van der Waals surface area (Å²) >= 11 is 2.53. The fraction of sp³-hybridized carbons (Fsp3) is 0.114. The minimum Gasteiger partial charge on any atom is -0.505 e. The molecule has 234 valence electrons. The monoisotopic (exact) mass is 663 g/mol. The van der Waals surface area contributed by atoms with Crippen LogP contribution in [0.1, 0.15) is 34.1 Å². The summed E-state index contributed by atoms with van der Waals surface area (Å²) in [6, 6.07) is 27.4. The third kappa shape index (κ3) is 6.00. The Morgan fingerprint density at radius 3 is 2.55 bits per heavy atom. The van der Waals surface area contributed by atoms with Gasteiger partial charge in [0.2, 0.25) is 5.13 Å². The lowest BCUT2D eigenvalue weighted by atomic mass is 9.96. The molecule has 4 heterocycles. The van der Waals surface area contributed by atoms with E-state index in [0.29, 0.717) is 45.0 Å². The zero-order chi connectivity index (χ0) is 32.5. The van der Waals surface area contributed by atoms with Gasteiger partial charge in [-0.1, -0.05) is 83.8 Å². The number of carbonyl (C=O) groups excluding carboxylic acids is 2. The standard InChI is InChI=1S/C35H26FN5O4S2/c1-21-29(40-17-6-5-12-27(40)37-21)31(42)28-30(24-10-7-11-26(18-24)45-19-22-8-3-2-4-9-22)41(33(44)32(28)43)34-38-39-35(47-34)46-20-23-13-15-25(36)16-14-23/h2-18,30,42H,19-20H2,1H3/b31-28+. The lowest BCUT2D eigenvalue weighted by molar-refractivity contribution is -0.132. The number of fused-ring (bicyclic) bond motifs is 1. The zero-order valence-corrected chi connectivity index (χ0v) is 26.5. The Labute approximate surface area is 277 Å². The zero-order valence-electron chi connectivity index (χ0n) is 24.9. The number of benzene rings is 3. The van der Waals surface area contributed by atoms with Crippen molar-refractivity contribution < 1.29 is 23.8 Å². The smallest absolute Gasteiger partial charge is 0.301 e. The number of hydrogen-bond donors (Lipinski definition) is 1. The molecule has 3 aromatic carbocycles. The molecule has 6 aromatic rings. The first-order valence-electron chi connectivity index (χ1n) is 14.6. The van der Waals surface area contributed by atoms with Crippen LogP contribution in [0.25, 0.3) is 11.4 Å². The van der Waals surface area contributed by atoms with Crippen molar-refractivity contribution in [3.63, 3.8) is 0 Å². The van der Waals surface area contributed by atoms with Gasteiger partial charge in [-0.05, 0) is 60.0 Å². The number of aliphatic hydroxyl groups is 1. The van der Waals surface area contributed by atoms with Gasteiger partial charge in [0.1, 0.15) is 29.5 Å². The van der Waals surface area contributed by atoms with Crippen molar-refractivity contribution >= 4 is 51.3 Å². The predicted octanol–water partition coefficient (Wildman–Crippen LogP) is 7.13. The van der Waals surface area contributed by atoms with E-state index in [2.05, 4.69) is 15.2 Å². The van der Waals surface area contributed by atoms with E-state index in [9.17, 15) is 19.1 Å². The van der Waals surface area contributed by atoms with Crippen LogP contribution in [0.5, 0.6) is 5.75 Å². The number of rotatable bonds is 9. The van der Waals surface area contributed by atoms with E-state index in [0.717, 1.165) is 22.5 Å². The van der Waals surface area contributed by atoms with E-state index in [1.807, 2.05) is 36.4 Å². The predicted molar refractivity (Wildman–Crippen MR) is 178 cm³/mol. The van der Waals surface area contributed by atoms with Crippen molar-refractivity contribution in [2.75, 3.05) is 4.90 Å². The molecule has 7 rings (SSSR count). The third-order valence-electron chi connectivity index (χ3n) is 7.67. The average molecular weight is 664 g/mol. The van der Waals surface area contributed by atoms with E-state index in [4.69, 9.17) is 4.74 Å². The fourth-order valence-corrected chi connectivity index (χ4v) is 7.29. The number of aryl methyl sites for hydroxylation is 1.